The number of rotatable bonds is 8. The second-order valence-corrected chi connectivity index (χ2v) is 8.10. The standard InChI is InChI=1S/C22H31N3O2S.HI/c1-16-6-7-18(21(11-16)27-14-20-5-4-9-26-20)13-25-22(23-3)24-12-17(2)19-8-10-28-15-19;/h6-8,10-11,15,17,20H,4-5,9,12-14H2,1-3H3,(H2,23,24,25);1H. The number of hydrogen-bond acceptors (Lipinski definition) is 4. The minimum atomic E-state index is 0. The van der Waals surface area contributed by atoms with E-state index in [-0.39, 0.29) is 30.1 Å². The zero-order chi connectivity index (χ0) is 19.8. The number of halogens is 1. The molecule has 1 aliphatic heterocycles. The molecule has 2 N–H and O–H groups in total. The van der Waals surface area contributed by atoms with Gasteiger partial charge in [-0.1, -0.05) is 19.1 Å². The first-order valence-electron chi connectivity index (χ1n) is 9.96. The topological polar surface area (TPSA) is 54.9 Å². The highest BCUT2D eigenvalue weighted by molar-refractivity contribution is 14.0. The molecule has 2 heterocycles. The van der Waals surface area contributed by atoms with Gasteiger partial charge in [-0.15, -0.1) is 24.0 Å². The zero-order valence-electron chi connectivity index (χ0n) is 17.4. The molecule has 7 heteroatoms. The average Bonchev–Trinajstić information content (AvgIpc) is 3.41. The molecule has 5 nitrogen and oxygen atoms in total. The Morgan fingerprint density at radius 3 is 2.90 bits per heavy atom. The molecule has 1 aromatic carbocycles. The molecule has 1 aliphatic rings. The molecule has 0 radical (unpaired) electrons. The van der Waals surface area contributed by atoms with Crippen molar-refractivity contribution in [2.45, 2.75) is 45.3 Å². The zero-order valence-corrected chi connectivity index (χ0v) is 20.6. The molecular weight excluding hydrogens is 497 g/mol. The van der Waals surface area contributed by atoms with Crippen LogP contribution in [-0.2, 0) is 11.3 Å². The summed E-state index contributed by atoms with van der Waals surface area (Å²) in [5, 5.41) is 11.1. The van der Waals surface area contributed by atoms with Crippen LogP contribution < -0.4 is 15.4 Å². The Balaban J connectivity index is 0.00000300. The van der Waals surface area contributed by atoms with Crippen LogP contribution in [0.2, 0.25) is 0 Å². The highest BCUT2D eigenvalue weighted by Gasteiger charge is 2.17. The van der Waals surface area contributed by atoms with E-state index in [4.69, 9.17) is 9.47 Å². The normalized spacial score (nSPS) is 17.5. The fourth-order valence-corrected chi connectivity index (χ4v) is 4.01. The molecular formula is C22H32IN3O2S. The van der Waals surface area contributed by atoms with Gasteiger partial charge in [0.15, 0.2) is 5.96 Å². The van der Waals surface area contributed by atoms with Crippen LogP contribution in [0.5, 0.6) is 5.75 Å². The van der Waals surface area contributed by atoms with E-state index in [2.05, 4.69) is 64.5 Å². The summed E-state index contributed by atoms with van der Waals surface area (Å²) in [6, 6.07) is 8.51. The van der Waals surface area contributed by atoms with Crippen LogP contribution in [0.1, 0.15) is 42.4 Å². The lowest BCUT2D eigenvalue weighted by Crippen LogP contribution is -2.38. The van der Waals surface area contributed by atoms with Gasteiger partial charge in [0, 0.05) is 32.3 Å². The lowest BCUT2D eigenvalue weighted by molar-refractivity contribution is 0.0676. The van der Waals surface area contributed by atoms with Crippen molar-refractivity contribution >= 4 is 41.3 Å². The Labute approximate surface area is 195 Å². The number of ether oxygens (including phenoxy) is 2. The van der Waals surface area contributed by atoms with Gasteiger partial charge in [-0.05, 0) is 59.7 Å². The first kappa shape index (κ1) is 24.0. The molecule has 0 spiro atoms. The van der Waals surface area contributed by atoms with E-state index < -0.39 is 0 Å². The highest BCUT2D eigenvalue weighted by Crippen LogP contribution is 2.22. The molecule has 2 atom stereocenters. The average molecular weight is 529 g/mol. The van der Waals surface area contributed by atoms with Crippen LogP contribution in [0.25, 0.3) is 0 Å². The largest absolute Gasteiger partial charge is 0.491 e. The number of hydrogen-bond donors (Lipinski definition) is 2. The van der Waals surface area contributed by atoms with Gasteiger partial charge in [0.25, 0.3) is 0 Å². The van der Waals surface area contributed by atoms with E-state index in [9.17, 15) is 0 Å². The quantitative estimate of drug-likeness (QED) is 0.296. The van der Waals surface area contributed by atoms with Gasteiger partial charge in [0.2, 0.25) is 0 Å². The van der Waals surface area contributed by atoms with Crippen molar-refractivity contribution in [1.82, 2.24) is 10.6 Å². The van der Waals surface area contributed by atoms with E-state index in [0.717, 1.165) is 43.3 Å². The van der Waals surface area contributed by atoms with E-state index in [1.807, 2.05) is 0 Å². The summed E-state index contributed by atoms with van der Waals surface area (Å²) in [6.45, 7) is 7.27. The van der Waals surface area contributed by atoms with Gasteiger partial charge in [0.05, 0.1) is 6.10 Å². The van der Waals surface area contributed by atoms with Gasteiger partial charge in [-0.2, -0.15) is 11.3 Å². The van der Waals surface area contributed by atoms with Crippen molar-refractivity contribution < 1.29 is 9.47 Å². The van der Waals surface area contributed by atoms with Crippen molar-refractivity contribution in [3.8, 4) is 5.75 Å². The van der Waals surface area contributed by atoms with Crippen LogP contribution in [0.4, 0.5) is 0 Å². The van der Waals surface area contributed by atoms with Gasteiger partial charge < -0.3 is 20.1 Å². The summed E-state index contributed by atoms with van der Waals surface area (Å²) < 4.78 is 11.8. The van der Waals surface area contributed by atoms with Crippen molar-refractivity contribution in [2.75, 3.05) is 26.8 Å². The lowest BCUT2D eigenvalue weighted by Gasteiger charge is -2.18. The summed E-state index contributed by atoms with van der Waals surface area (Å²) >= 11 is 1.74. The fraction of sp³-hybridized carbons (Fsp3) is 0.500. The summed E-state index contributed by atoms with van der Waals surface area (Å²) in [4.78, 5) is 4.35. The molecule has 1 saturated heterocycles. The predicted octanol–water partition coefficient (Wildman–Crippen LogP) is 4.70. The monoisotopic (exact) mass is 529 g/mol. The van der Waals surface area contributed by atoms with Gasteiger partial charge in [0.1, 0.15) is 12.4 Å². The summed E-state index contributed by atoms with van der Waals surface area (Å²) in [5.41, 5.74) is 3.67. The first-order chi connectivity index (χ1) is 13.7. The molecule has 0 saturated carbocycles. The van der Waals surface area contributed by atoms with Crippen LogP contribution in [0.15, 0.2) is 40.0 Å². The molecule has 1 aromatic heterocycles. The van der Waals surface area contributed by atoms with Crippen LogP contribution in [0.3, 0.4) is 0 Å². The Morgan fingerprint density at radius 2 is 2.21 bits per heavy atom. The maximum atomic E-state index is 6.09. The third-order valence-electron chi connectivity index (χ3n) is 5.03. The van der Waals surface area contributed by atoms with Gasteiger partial charge >= 0.3 is 0 Å². The Bertz CT molecular complexity index is 761. The number of nitrogens with one attached hydrogen (secondary N) is 2. The number of guanidine groups is 1. The minimum absolute atomic E-state index is 0. The van der Waals surface area contributed by atoms with Crippen molar-refractivity contribution in [2.24, 2.45) is 4.99 Å². The van der Waals surface area contributed by atoms with Crippen LogP contribution >= 0.6 is 35.3 Å². The van der Waals surface area contributed by atoms with Crippen molar-refractivity contribution in [3.63, 3.8) is 0 Å². The maximum Gasteiger partial charge on any atom is 0.191 e. The molecule has 0 amide bonds. The van der Waals surface area contributed by atoms with E-state index >= 15 is 0 Å². The molecule has 3 rings (SSSR count). The first-order valence-corrected chi connectivity index (χ1v) is 10.9. The number of aryl methyl sites for hydroxylation is 1. The Hall–Kier alpha value is -1.32. The molecule has 2 unspecified atom stereocenters. The molecule has 160 valence electrons. The molecule has 1 fully saturated rings. The van der Waals surface area contributed by atoms with E-state index in [0.29, 0.717) is 19.1 Å². The molecule has 2 aromatic rings. The van der Waals surface area contributed by atoms with E-state index in [1.165, 1.54) is 11.1 Å². The van der Waals surface area contributed by atoms with Crippen molar-refractivity contribution in [3.05, 3.63) is 51.7 Å². The Kier molecular flexibility index (Phi) is 10.2. The van der Waals surface area contributed by atoms with Gasteiger partial charge in [-0.25, -0.2) is 0 Å². The van der Waals surface area contributed by atoms with Crippen LogP contribution in [-0.4, -0.2) is 38.9 Å². The summed E-state index contributed by atoms with van der Waals surface area (Å²) in [5.74, 6) is 2.16. The third-order valence-corrected chi connectivity index (χ3v) is 5.73. The maximum absolute atomic E-state index is 6.09. The molecule has 29 heavy (non-hydrogen) atoms. The number of nitrogens with zero attached hydrogens (tertiary/aromatic N) is 1. The second kappa shape index (κ2) is 12.4. The second-order valence-electron chi connectivity index (χ2n) is 7.32. The van der Waals surface area contributed by atoms with Crippen LogP contribution in [0, 0.1) is 6.92 Å². The molecule has 0 aliphatic carbocycles. The number of aliphatic imine (C=N–C) groups is 1. The fourth-order valence-electron chi connectivity index (χ4n) is 3.22. The SMILES string of the molecule is CN=C(NCc1ccc(C)cc1OCC1CCCO1)NCC(C)c1ccsc1.I. The minimum Gasteiger partial charge on any atom is -0.491 e. The Morgan fingerprint density at radius 1 is 1.34 bits per heavy atom. The number of benzene rings is 1. The third kappa shape index (κ3) is 7.46. The molecule has 0 bridgehead atoms. The lowest BCUT2D eigenvalue weighted by atomic mass is 10.1. The van der Waals surface area contributed by atoms with Gasteiger partial charge in [-0.3, -0.25) is 4.99 Å². The number of thiophene rings is 1. The van der Waals surface area contributed by atoms with E-state index in [1.54, 1.807) is 18.4 Å². The predicted molar refractivity (Wildman–Crippen MR) is 132 cm³/mol. The highest BCUT2D eigenvalue weighted by atomic mass is 127. The van der Waals surface area contributed by atoms with Crippen molar-refractivity contribution in [1.29, 1.82) is 0 Å². The smallest absolute Gasteiger partial charge is 0.191 e. The summed E-state index contributed by atoms with van der Waals surface area (Å²) in [6.07, 6.45) is 2.43. The summed E-state index contributed by atoms with van der Waals surface area (Å²) in [7, 11) is 1.80.